The van der Waals surface area contributed by atoms with Crippen molar-refractivity contribution in [1.82, 2.24) is 9.88 Å². The molecule has 0 bridgehead atoms. The van der Waals surface area contributed by atoms with E-state index in [2.05, 4.69) is 38.8 Å². The number of fused-ring (bicyclic) bond motifs is 1. The highest BCUT2D eigenvalue weighted by atomic mass is 28.4. The minimum Gasteiger partial charge on any atom is -0.461 e. The fourth-order valence-electron chi connectivity index (χ4n) is 2.99. The average molecular weight is 433 g/mol. The van der Waals surface area contributed by atoms with E-state index in [1.807, 2.05) is 4.90 Å². The Labute approximate surface area is 171 Å². The zero-order valence-corrected chi connectivity index (χ0v) is 19.1. The van der Waals surface area contributed by atoms with Crippen molar-refractivity contribution in [1.29, 1.82) is 0 Å². The SMILES string of the molecule is CCOC(=O)c1cc(C(F)(F)F)c2c(n1)CN(CCO[Si](C)(C)C(C)(C)C)CC2. The lowest BCUT2D eigenvalue weighted by atomic mass is 9.97. The molecule has 1 aliphatic heterocycles. The van der Waals surface area contributed by atoms with Crippen LogP contribution in [0, 0.1) is 0 Å². The van der Waals surface area contributed by atoms with Crippen LogP contribution in [0.3, 0.4) is 0 Å². The second kappa shape index (κ2) is 8.73. The predicted octanol–water partition coefficient (Wildman–Crippen LogP) is 4.66. The molecule has 5 nitrogen and oxygen atoms in total. The predicted molar refractivity (Wildman–Crippen MR) is 107 cm³/mol. The van der Waals surface area contributed by atoms with E-state index in [0.717, 1.165) is 6.07 Å². The molecule has 1 aliphatic rings. The lowest BCUT2D eigenvalue weighted by Gasteiger charge is -2.37. The molecule has 0 spiro atoms. The average Bonchev–Trinajstić information content (AvgIpc) is 2.58. The first-order chi connectivity index (χ1) is 13.3. The van der Waals surface area contributed by atoms with Crippen LogP contribution in [0.1, 0.15) is 55.0 Å². The Morgan fingerprint density at radius 1 is 1.28 bits per heavy atom. The maximum atomic E-state index is 13.5. The van der Waals surface area contributed by atoms with Gasteiger partial charge in [-0.25, -0.2) is 9.78 Å². The molecule has 9 heteroatoms. The molecule has 164 valence electrons. The van der Waals surface area contributed by atoms with Gasteiger partial charge < -0.3 is 9.16 Å². The van der Waals surface area contributed by atoms with E-state index in [0.29, 0.717) is 25.4 Å². The number of hydrogen-bond acceptors (Lipinski definition) is 5. The van der Waals surface area contributed by atoms with E-state index >= 15 is 0 Å². The van der Waals surface area contributed by atoms with Gasteiger partial charge in [0.1, 0.15) is 5.69 Å². The zero-order valence-electron chi connectivity index (χ0n) is 18.1. The minimum absolute atomic E-state index is 0.0792. The van der Waals surface area contributed by atoms with Crippen LogP contribution in [0.25, 0.3) is 0 Å². The lowest BCUT2D eigenvalue weighted by Crippen LogP contribution is -2.43. The molecule has 1 aromatic heterocycles. The van der Waals surface area contributed by atoms with Crippen molar-refractivity contribution in [2.24, 2.45) is 0 Å². The summed E-state index contributed by atoms with van der Waals surface area (Å²) in [7, 11) is -1.88. The van der Waals surface area contributed by atoms with Crippen LogP contribution in [0.5, 0.6) is 0 Å². The summed E-state index contributed by atoms with van der Waals surface area (Å²) >= 11 is 0. The highest BCUT2D eigenvalue weighted by Crippen LogP contribution is 2.37. The van der Waals surface area contributed by atoms with E-state index in [9.17, 15) is 18.0 Å². The lowest BCUT2D eigenvalue weighted by molar-refractivity contribution is -0.138. The number of halogens is 3. The topological polar surface area (TPSA) is 51.7 Å². The van der Waals surface area contributed by atoms with Gasteiger partial charge in [0.25, 0.3) is 0 Å². The second-order valence-electron chi connectivity index (χ2n) is 8.83. The molecule has 0 aromatic carbocycles. The molecule has 1 aromatic rings. The van der Waals surface area contributed by atoms with Crippen molar-refractivity contribution in [2.75, 3.05) is 26.3 Å². The smallest absolute Gasteiger partial charge is 0.416 e. The Balaban J connectivity index is 2.17. The third-order valence-corrected chi connectivity index (χ3v) is 10.3. The minimum atomic E-state index is -4.54. The number of esters is 1. The monoisotopic (exact) mass is 432 g/mol. The Kier molecular flexibility index (Phi) is 7.17. The van der Waals surface area contributed by atoms with Gasteiger partial charge in [-0.3, -0.25) is 4.90 Å². The van der Waals surface area contributed by atoms with Crippen LogP contribution < -0.4 is 0 Å². The molecule has 0 unspecified atom stereocenters. The summed E-state index contributed by atoms with van der Waals surface area (Å²) in [5, 5.41) is 0.0964. The van der Waals surface area contributed by atoms with Gasteiger partial charge in [0.2, 0.25) is 0 Å². The number of hydrogen-bond donors (Lipinski definition) is 0. The maximum absolute atomic E-state index is 13.5. The molecule has 0 radical (unpaired) electrons. The molecule has 0 aliphatic carbocycles. The van der Waals surface area contributed by atoms with Gasteiger partial charge >= 0.3 is 12.1 Å². The number of pyridine rings is 1. The van der Waals surface area contributed by atoms with Crippen molar-refractivity contribution in [3.8, 4) is 0 Å². The number of ether oxygens (including phenoxy) is 1. The summed E-state index contributed by atoms with van der Waals surface area (Å²) in [5.41, 5.74) is -0.617. The van der Waals surface area contributed by atoms with Gasteiger partial charge in [-0.15, -0.1) is 0 Å². The van der Waals surface area contributed by atoms with Crippen LogP contribution in [0.4, 0.5) is 13.2 Å². The van der Waals surface area contributed by atoms with E-state index < -0.39 is 26.0 Å². The fraction of sp³-hybridized carbons (Fsp3) is 0.700. The number of nitrogens with zero attached hydrogens (tertiary/aromatic N) is 2. The van der Waals surface area contributed by atoms with Crippen LogP contribution in [-0.2, 0) is 28.3 Å². The van der Waals surface area contributed by atoms with Gasteiger partial charge in [0, 0.05) is 26.2 Å². The summed E-state index contributed by atoms with van der Waals surface area (Å²) in [4.78, 5) is 18.2. The largest absolute Gasteiger partial charge is 0.461 e. The third kappa shape index (κ3) is 5.79. The second-order valence-corrected chi connectivity index (χ2v) is 13.6. The molecular formula is C20H31F3N2O3Si. The van der Waals surface area contributed by atoms with E-state index in [4.69, 9.17) is 9.16 Å². The van der Waals surface area contributed by atoms with Gasteiger partial charge in [-0.2, -0.15) is 13.2 Å². The molecule has 2 rings (SSSR count). The molecule has 2 heterocycles. The number of alkyl halides is 3. The summed E-state index contributed by atoms with van der Waals surface area (Å²) in [6.07, 6.45) is -4.30. The molecule has 29 heavy (non-hydrogen) atoms. The van der Waals surface area contributed by atoms with E-state index in [-0.39, 0.29) is 35.9 Å². The summed E-state index contributed by atoms with van der Waals surface area (Å²) < 4.78 is 51.6. The Bertz CT molecular complexity index is 746. The van der Waals surface area contributed by atoms with Crippen molar-refractivity contribution < 1.29 is 27.1 Å². The highest BCUT2D eigenvalue weighted by molar-refractivity contribution is 6.74. The van der Waals surface area contributed by atoms with E-state index in [1.165, 1.54) is 0 Å². The Morgan fingerprint density at radius 2 is 1.93 bits per heavy atom. The highest BCUT2D eigenvalue weighted by Gasteiger charge is 2.39. The number of rotatable bonds is 6. The first-order valence-corrected chi connectivity index (χ1v) is 12.8. The zero-order chi connectivity index (χ0) is 22.0. The van der Waals surface area contributed by atoms with Crippen molar-refractivity contribution in [3.63, 3.8) is 0 Å². The number of aromatic nitrogens is 1. The van der Waals surface area contributed by atoms with E-state index in [1.54, 1.807) is 6.92 Å². The van der Waals surface area contributed by atoms with Crippen molar-refractivity contribution in [2.45, 2.75) is 65.0 Å². The van der Waals surface area contributed by atoms with Crippen LogP contribution >= 0.6 is 0 Å². The molecule has 0 saturated carbocycles. The Morgan fingerprint density at radius 3 is 2.48 bits per heavy atom. The van der Waals surface area contributed by atoms with Gasteiger partial charge in [-0.05, 0) is 43.1 Å². The first kappa shape index (κ1) is 23.8. The number of carbonyl (C=O) groups excluding carboxylic acids is 1. The van der Waals surface area contributed by atoms with Gasteiger partial charge in [-0.1, -0.05) is 20.8 Å². The molecule has 0 N–H and O–H groups in total. The molecule has 0 saturated heterocycles. The normalized spacial score (nSPS) is 15.9. The summed E-state index contributed by atoms with van der Waals surface area (Å²) in [6, 6.07) is 0.813. The third-order valence-electron chi connectivity index (χ3n) is 5.73. The standard InChI is InChI=1S/C20H31F3N2O3Si/c1-7-27-18(26)16-12-15(20(21,22)23)14-8-9-25(13-17(14)24-16)10-11-28-29(5,6)19(2,3)4/h12H,7-11,13H2,1-6H3. The fourth-order valence-corrected chi connectivity index (χ4v) is 4.03. The summed E-state index contributed by atoms with van der Waals surface area (Å²) in [6.45, 7) is 14.4. The molecule has 0 atom stereocenters. The van der Waals surface area contributed by atoms with Crippen LogP contribution in [-0.4, -0.2) is 50.5 Å². The molecular weight excluding hydrogens is 401 g/mol. The van der Waals surface area contributed by atoms with Crippen LogP contribution in [0.15, 0.2) is 6.07 Å². The van der Waals surface area contributed by atoms with Gasteiger partial charge in [0.15, 0.2) is 8.32 Å². The molecule has 0 amide bonds. The van der Waals surface area contributed by atoms with Crippen molar-refractivity contribution in [3.05, 3.63) is 28.6 Å². The quantitative estimate of drug-likeness (QED) is 0.484. The summed E-state index contributed by atoms with van der Waals surface area (Å²) in [5.74, 6) is -0.834. The van der Waals surface area contributed by atoms with Gasteiger partial charge in [0.05, 0.1) is 17.9 Å². The maximum Gasteiger partial charge on any atom is 0.416 e. The first-order valence-electron chi connectivity index (χ1n) is 9.89. The number of carbonyl (C=O) groups is 1. The molecule has 0 fully saturated rings. The van der Waals surface area contributed by atoms with Crippen molar-refractivity contribution >= 4 is 14.3 Å². The van der Waals surface area contributed by atoms with Crippen LogP contribution in [0.2, 0.25) is 18.1 Å². The Hall–Kier alpha value is -1.45.